The molecule has 0 amide bonds. The van der Waals surface area contributed by atoms with Gasteiger partial charge in [0.25, 0.3) is 0 Å². The summed E-state index contributed by atoms with van der Waals surface area (Å²) < 4.78 is 7.78. The van der Waals surface area contributed by atoms with Crippen LogP contribution in [-0.2, 0) is 10.3 Å². The van der Waals surface area contributed by atoms with Crippen LogP contribution < -0.4 is 4.74 Å². The van der Waals surface area contributed by atoms with Gasteiger partial charge < -0.3 is 4.74 Å². The summed E-state index contributed by atoms with van der Waals surface area (Å²) in [7, 11) is 0. The van der Waals surface area contributed by atoms with E-state index in [1.54, 1.807) is 11.8 Å². The van der Waals surface area contributed by atoms with Crippen molar-refractivity contribution in [1.82, 2.24) is 9.78 Å². The molecule has 0 saturated heterocycles. The van der Waals surface area contributed by atoms with Gasteiger partial charge in [-0.05, 0) is 52.2 Å². The number of carbonyl (C=O) groups is 1. The van der Waals surface area contributed by atoms with E-state index in [2.05, 4.69) is 32.9 Å². The Morgan fingerprint density at radius 1 is 1.18 bits per heavy atom. The van der Waals surface area contributed by atoms with Gasteiger partial charge in [0.1, 0.15) is 0 Å². The Labute approximate surface area is 173 Å². The van der Waals surface area contributed by atoms with E-state index in [1.807, 2.05) is 29.8 Å². The number of carbonyl (C=O) groups excluding carboxylic acids is 1. The zero-order valence-corrected chi connectivity index (χ0v) is 18.3. The lowest BCUT2D eigenvalue weighted by Gasteiger charge is -2.23. The van der Waals surface area contributed by atoms with E-state index < -0.39 is 0 Å². The van der Waals surface area contributed by atoms with Gasteiger partial charge in [0, 0.05) is 11.3 Å². The molecular weight excluding hydrogens is 368 g/mol. The van der Waals surface area contributed by atoms with Crippen molar-refractivity contribution in [3.8, 4) is 5.88 Å². The van der Waals surface area contributed by atoms with E-state index in [4.69, 9.17) is 9.84 Å². The first kappa shape index (κ1) is 21.0. The van der Waals surface area contributed by atoms with E-state index >= 15 is 0 Å². The van der Waals surface area contributed by atoms with Crippen molar-refractivity contribution in [1.29, 1.82) is 0 Å². The van der Waals surface area contributed by atoms with Crippen LogP contribution in [0.5, 0.6) is 5.88 Å². The summed E-state index contributed by atoms with van der Waals surface area (Å²) in [4.78, 5) is 14.7. The van der Waals surface area contributed by atoms with E-state index in [1.165, 1.54) is 32.1 Å². The monoisotopic (exact) mass is 400 g/mol. The third-order valence-corrected chi connectivity index (χ3v) is 6.44. The summed E-state index contributed by atoms with van der Waals surface area (Å²) in [6.45, 7) is 8.22. The van der Waals surface area contributed by atoms with Crippen LogP contribution in [0.25, 0.3) is 0 Å². The molecule has 152 valence electrons. The molecule has 0 bridgehead atoms. The summed E-state index contributed by atoms with van der Waals surface area (Å²) in [5, 5.41) is 4.70. The SMILES string of the molecule is Cc1nn(C(C)(C)C)c(OC(=O)CCC2CCCCC2)c1Sc1ccccc1. The first-order valence-corrected chi connectivity index (χ1v) is 11.2. The molecule has 28 heavy (non-hydrogen) atoms. The molecule has 3 rings (SSSR count). The van der Waals surface area contributed by atoms with Gasteiger partial charge in [0.15, 0.2) is 0 Å². The number of esters is 1. The third-order valence-electron chi connectivity index (χ3n) is 5.26. The Kier molecular flexibility index (Phi) is 6.86. The number of benzene rings is 1. The lowest BCUT2D eigenvalue weighted by molar-refractivity contribution is -0.135. The molecule has 5 heteroatoms. The van der Waals surface area contributed by atoms with Gasteiger partial charge in [-0.3, -0.25) is 4.79 Å². The fourth-order valence-electron chi connectivity index (χ4n) is 3.72. The number of nitrogens with zero attached hydrogens (tertiary/aromatic N) is 2. The molecule has 0 radical (unpaired) electrons. The molecule has 1 heterocycles. The standard InChI is InChI=1S/C23H32N2O2S/c1-17-21(28-19-13-9-6-10-14-19)22(25(24-17)23(2,3)4)27-20(26)16-15-18-11-7-5-8-12-18/h6,9-10,13-14,18H,5,7-8,11-12,15-16H2,1-4H3. The second-order valence-electron chi connectivity index (χ2n) is 8.73. The highest BCUT2D eigenvalue weighted by Crippen LogP contribution is 2.40. The summed E-state index contributed by atoms with van der Waals surface area (Å²) in [5.41, 5.74) is 0.623. The molecule has 1 saturated carbocycles. The highest BCUT2D eigenvalue weighted by Gasteiger charge is 2.27. The van der Waals surface area contributed by atoms with Gasteiger partial charge >= 0.3 is 5.97 Å². The maximum atomic E-state index is 12.7. The number of aromatic nitrogens is 2. The molecular formula is C23H32N2O2S. The number of rotatable bonds is 6. The summed E-state index contributed by atoms with van der Waals surface area (Å²) >= 11 is 1.61. The lowest BCUT2D eigenvalue weighted by Crippen LogP contribution is -2.25. The minimum Gasteiger partial charge on any atom is -0.406 e. The van der Waals surface area contributed by atoms with Crippen molar-refractivity contribution in [3.63, 3.8) is 0 Å². The molecule has 0 aliphatic heterocycles. The predicted molar refractivity (Wildman–Crippen MR) is 114 cm³/mol. The minimum absolute atomic E-state index is 0.147. The van der Waals surface area contributed by atoms with Crippen LogP contribution in [0.15, 0.2) is 40.1 Å². The number of ether oxygens (including phenoxy) is 1. The summed E-state index contributed by atoms with van der Waals surface area (Å²) in [6, 6.07) is 10.2. The molecule has 0 atom stereocenters. The third kappa shape index (κ3) is 5.40. The lowest BCUT2D eigenvalue weighted by atomic mass is 9.86. The van der Waals surface area contributed by atoms with Crippen molar-refractivity contribution in [3.05, 3.63) is 36.0 Å². The van der Waals surface area contributed by atoms with Gasteiger partial charge in [0.05, 0.1) is 16.1 Å². The maximum Gasteiger partial charge on any atom is 0.312 e. The first-order chi connectivity index (χ1) is 13.3. The Hall–Kier alpha value is -1.75. The molecule has 1 aromatic heterocycles. The molecule has 1 aromatic carbocycles. The van der Waals surface area contributed by atoms with E-state index in [9.17, 15) is 4.79 Å². The van der Waals surface area contributed by atoms with Crippen LogP contribution in [-0.4, -0.2) is 15.7 Å². The van der Waals surface area contributed by atoms with Gasteiger partial charge in [-0.15, -0.1) is 0 Å². The number of aryl methyl sites for hydroxylation is 1. The highest BCUT2D eigenvalue weighted by molar-refractivity contribution is 7.99. The molecule has 1 aliphatic rings. The summed E-state index contributed by atoms with van der Waals surface area (Å²) in [5.74, 6) is 1.10. The van der Waals surface area contributed by atoms with Crippen LogP contribution in [0.1, 0.15) is 71.4 Å². The van der Waals surface area contributed by atoms with Crippen molar-refractivity contribution in [2.24, 2.45) is 5.92 Å². The minimum atomic E-state index is -0.265. The van der Waals surface area contributed by atoms with Crippen LogP contribution in [0.2, 0.25) is 0 Å². The topological polar surface area (TPSA) is 44.1 Å². The molecule has 2 aromatic rings. The van der Waals surface area contributed by atoms with Gasteiger partial charge in [-0.25, -0.2) is 4.68 Å². The van der Waals surface area contributed by atoms with Crippen LogP contribution in [0.4, 0.5) is 0 Å². The quantitative estimate of drug-likeness (QED) is 0.529. The van der Waals surface area contributed by atoms with E-state index in [0.29, 0.717) is 18.2 Å². The largest absolute Gasteiger partial charge is 0.406 e. The molecule has 4 nitrogen and oxygen atoms in total. The zero-order chi connectivity index (χ0) is 20.1. The Morgan fingerprint density at radius 3 is 2.50 bits per heavy atom. The average Bonchev–Trinajstić information content (AvgIpc) is 2.98. The fraction of sp³-hybridized carbons (Fsp3) is 0.565. The molecule has 0 unspecified atom stereocenters. The van der Waals surface area contributed by atoms with Crippen molar-refractivity contribution in [2.75, 3.05) is 0 Å². The zero-order valence-electron chi connectivity index (χ0n) is 17.5. The van der Waals surface area contributed by atoms with Crippen molar-refractivity contribution < 1.29 is 9.53 Å². The van der Waals surface area contributed by atoms with Gasteiger partial charge in [-0.2, -0.15) is 5.10 Å². The Balaban J connectivity index is 1.77. The van der Waals surface area contributed by atoms with Crippen molar-refractivity contribution >= 4 is 17.7 Å². The van der Waals surface area contributed by atoms with Gasteiger partial charge in [0.2, 0.25) is 5.88 Å². The highest BCUT2D eigenvalue weighted by atomic mass is 32.2. The van der Waals surface area contributed by atoms with E-state index in [-0.39, 0.29) is 11.5 Å². The average molecular weight is 401 g/mol. The second-order valence-corrected chi connectivity index (χ2v) is 9.82. The predicted octanol–water partition coefficient (Wildman–Crippen LogP) is 6.36. The van der Waals surface area contributed by atoms with Gasteiger partial charge in [-0.1, -0.05) is 62.1 Å². The number of hydrogen-bond donors (Lipinski definition) is 0. The molecule has 1 fully saturated rings. The number of hydrogen-bond acceptors (Lipinski definition) is 4. The normalized spacial score (nSPS) is 15.6. The van der Waals surface area contributed by atoms with Crippen LogP contribution in [0, 0.1) is 12.8 Å². The Morgan fingerprint density at radius 2 is 1.86 bits per heavy atom. The second kappa shape index (κ2) is 9.17. The summed E-state index contributed by atoms with van der Waals surface area (Å²) in [6.07, 6.45) is 7.85. The molecule has 1 aliphatic carbocycles. The van der Waals surface area contributed by atoms with Crippen molar-refractivity contribution in [2.45, 2.75) is 88.0 Å². The Bertz CT molecular complexity index is 787. The smallest absolute Gasteiger partial charge is 0.312 e. The fourth-order valence-corrected chi connectivity index (χ4v) is 4.65. The van der Waals surface area contributed by atoms with Crippen LogP contribution >= 0.6 is 11.8 Å². The van der Waals surface area contributed by atoms with E-state index in [0.717, 1.165) is 21.9 Å². The molecule has 0 spiro atoms. The first-order valence-electron chi connectivity index (χ1n) is 10.4. The van der Waals surface area contributed by atoms with Crippen LogP contribution in [0.3, 0.4) is 0 Å². The maximum absolute atomic E-state index is 12.7. The molecule has 0 N–H and O–H groups in total.